The number of hydrogen-bond donors (Lipinski definition) is 1. The Kier molecular flexibility index (Phi) is 3.49. The van der Waals surface area contributed by atoms with E-state index in [0.717, 1.165) is 12.8 Å². The molecule has 0 aliphatic heterocycles. The van der Waals surface area contributed by atoms with Crippen LogP contribution >= 0.6 is 0 Å². The molecule has 2 amide bonds. The maximum atomic E-state index is 11.8. The van der Waals surface area contributed by atoms with Crippen molar-refractivity contribution in [3.05, 3.63) is 0 Å². The molecule has 0 radical (unpaired) electrons. The Labute approximate surface area is 84.4 Å². The van der Waals surface area contributed by atoms with Gasteiger partial charge in [0.15, 0.2) is 0 Å². The summed E-state index contributed by atoms with van der Waals surface area (Å²) in [5, 5.41) is 0. The molecule has 0 aromatic rings. The van der Waals surface area contributed by atoms with E-state index in [-0.39, 0.29) is 18.2 Å². The van der Waals surface area contributed by atoms with E-state index in [9.17, 15) is 9.59 Å². The van der Waals surface area contributed by atoms with Gasteiger partial charge in [-0.15, -0.1) is 0 Å². The van der Waals surface area contributed by atoms with Crippen molar-refractivity contribution in [1.82, 2.24) is 4.90 Å². The van der Waals surface area contributed by atoms with Gasteiger partial charge in [-0.2, -0.15) is 0 Å². The quantitative estimate of drug-likeness (QED) is 0.699. The molecule has 1 aliphatic rings. The van der Waals surface area contributed by atoms with Crippen LogP contribution in [0, 0.1) is 5.92 Å². The first-order valence-electron chi connectivity index (χ1n) is 5.11. The SMILES string of the molecule is CCC(CC(N)=O)C(=O)N(C)C1CC1. The molecule has 1 fully saturated rings. The molecular weight excluding hydrogens is 180 g/mol. The Morgan fingerprint density at radius 3 is 2.43 bits per heavy atom. The first kappa shape index (κ1) is 11.0. The maximum Gasteiger partial charge on any atom is 0.226 e. The molecule has 0 bridgehead atoms. The Morgan fingerprint density at radius 1 is 1.50 bits per heavy atom. The molecule has 0 aromatic heterocycles. The summed E-state index contributed by atoms with van der Waals surface area (Å²) in [7, 11) is 1.81. The lowest BCUT2D eigenvalue weighted by atomic mass is 10.0. The van der Waals surface area contributed by atoms with Crippen LogP contribution in [-0.2, 0) is 9.59 Å². The fourth-order valence-electron chi connectivity index (χ4n) is 1.58. The molecular formula is C10H18N2O2. The third kappa shape index (κ3) is 2.72. The number of primary amides is 1. The zero-order valence-corrected chi connectivity index (χ0v) is 8.82. The lowest BCUT2D eigenvalue weighted by Crippen LogP contribution is -2.36. The summed E-state index contributed by atoms with van der Waals surface area (Å²) in [6, 6.07) is 0.407. The average Bonchev–Trinajstić information content (AvgIpc) is 2.94. The Balaban J connectivity index is 2.49. The van der Waals surface area contributed by atoms with E-state index in [1.807, 2.05) is 14.0 Å². The van der Waals surface area contributed by atoms with Crippen LogP contribution in [0.2, 0.25) is 0 Å². The highest BCUT2D eigenvalue weighted by atomic mass is 16.2. The zero-order chi connectivity index (χ0) is 10.7. The summed E-state index contributed by atoms with van der Waals surface area (Å²) in [6.45, 7) is 1.91. The Bertz CT molecular complexity index is 236. The largest absolute Gasteiger partial charge is 0.370 e. The smallest absolute Gasteiger partial charge is 0.226 e. The number of carbonyl (C=O) groups is 2. The summed E-state index contributed by atoms with van der Waals surface area (Å²) in [5.41, 5.74) is 5.09. The van der Waals surface area contributed by atoms with E-state index < -0.39 is 5.91 Å². The molecule has 1 rings (SSSR count). The minimum Gasteiger partial charge on any atom is -0.370 e. The Hall–Kier alpha value is -1.06. The maximum absolute atomic E-state index is 11.8. The normalized spacial score (nSPS) is 17.6. The summed E-state index contributed by atoms with van der Waals surface area (Å²) < 4.78 is 0. The number of nitrogens with zero attached hydrogens (tertiary/aromatic N) is 1. The van der Waals surface area contributed by atoms with Gasteiger partial charge >= 0.3 is 0 Å². The molecule has 1 aliphatic carbocycles. The predicted octanol–water partition coefficient (Wildman–Crippen LogP) is 0.509. The molecule has 1 saturated carbocycles. The number of rotatable bonds is 5. The third-order valence-electron chi connectivity index (χ3n) is 2.73. The van der Waals surface area contributed by atoms with E-state index in [0.29, 0.717) is 12.5 Å². The lowest BCUT2D eigenvalue weighted by Gasteiger charge is -2.21. The van der Waals surface area contributed by atoms with E-state index in [1.165, 1.54) is 0 Å². The van der Waals surface area contributed by atoms with Gasteiger partial charge in [-0.3, -0.25) is 9.59 Å². The second-order valence-electron chi connectivity index (χ2n) is 3.96. The van der Waals surface area contributed by atoms with E-state index in [1.54, 1.807) is 4.90 Å². The van der Waals surface area contributed by atoms with Gasteiger partial charge in [-0.1, -0.05) is 6.92 Å². The Morgan fingerprint density at radius 2 is 2.07 bits per heavy atom. The lowest BCUT2D eigenvalue weighted by molar-refractivity contribution is -0.137. The molecule has 0 aromatic carbocycles. The van der Waals surface area contributed by atoms with Crippen LogP contribution in [0.1, 0.15) is 32.6 Å². The first-order chi connectivity index (χ1) is 6.56. The minimum atomic E-state index is -0.394. The van der Waals surface area contributed by atoms with Gasteiger partial charge in [0.1, 0.15) is 0 Å². The number of carbonyl (C=O) groups excluding carboxylic acids is 2. The van der Waals surface area contributed by atoms with Crippen LogP contribution in [0.5, 0.6) is 0 Å². The zero-order valence-electron chi connectivity index (χ0n) is 8.82. The molecule has 1 unspecified atom stereocenters. The third-order valence-corrected chi connectivity index (χ3v) is 2.73. The molecule has 14 heavy (non-hydrogen) atoms. The van der Waals surface area contributed by atoms with E-state index in [4.69, 9.17) is 5.73 Å². The molecule has 4 nitrogen and oxygen atoms in total. The number of amides is 2. The van der Waals surface area contributed by atoms with Crippen LogP contribution in [0.3, 0.4) is 0 Å². The van der Waals surface area contributed by atoms with Gasteiger partial charge < -0.3 is 10.6 Å². The van der Waals surface area contributed by atoms with Gasteiger partial charge in [0.25, 0.3) is 0 Å². The van der Waals surface area contributed by atoms with E-state index >= 15 is 0 Å². The van der Waals surface area contributed by atoms with Crippen LogP contribution < -0.4 is 5.73 Å². The van der Waals surface area contributed by atoms with Crippen molar-refractivity contribution in [2.24, 2.45) is 11.7 Å². The van der Waals surface area contributed by atoms with Crippen molar-refractivity contribution in [3.8, 4) is 0 Å². The predicted molar refractivity (Wildman–Crippen MR) is 53.4 cm³/mol. The fraction of sp³-hybridized carbons (Fsp3) is 0.800. The molecule has 80 valence electrons. The molecule has 4 heteroatoms. The molecule has 2 N–H and O–H groups in total. The molecule has 0 spiro atoms. The monoisotopic (exact) mass is 198 g/mol. The fourth-order valence-corrected chi connectivity index (χ4v) is 1.58. The topological polar surface area (TPSA) is 63.4 Å². The molecule has 1 atom stereocenters. The highest BCUT2D eigenvalue weighted by Gasteiger charge is 2.32. The van der Waals surface area contributed by atoms with Crippen molar-refractivity contribution in [2.75, 3.05) is 7.05 Å². The van der Waals surface area contributed by atoms with Crippen molar-refractivity contribution < 1.29 is 9.59 Å². The molecule has 0 saturated heterocycles. The van der Waals surface area contributed by atoms with Crippen molar-refractivity contribution in [2.45, 2.75) is 38.6 Å². The summed E-state index contributed by atoms with van der Waals surface area (Å²) in [5.74, 6) is -0.554. The highest BCUT2D eigenvalue weighted by molar-refractivity contribution is 5.85. The van der Waals surface area contributed by atoms with Gasteiger partial charge in [0, 0.05) is 25.4 Å². The highest BCUT2D eigenvalue weighted by Crippen LogP contribution is 2.27. The van der Waals surface area contributed by atoms with Gasteiger partial charge in [0.05, 0.1) is 0 Å². The van der Waals surface area contributed by atoms with Gasteiger partial charge in [-0.25, -0.2) is 0 Å². The summed E-state index contributed by atoms with van der Waals surface area (Å²) in [4.78, 5) is 24.3. The first-order valence-corrected chi connectivity index (χ1v) is 5.11. The van der Waals surface area contributed by atoms with Crippen LogP contribution in [-0.4, -0.2) is 29.8 Å². The van der Waals surface area contributed by atoms with Crippen molar-refractivity contribution in [3.63, 3.8) is 0 Å². The average molecular weight is 198 g/mol. The van der Waals surface area contributed by atoms with Crippen LogP contribution in [0.15, 0.2) is 0 Å². The van der Waals surface area contributed by atoms with E-state index in [2.05, 4.69) is 0 Å². The van der Waals surface area contributed by atoms with Crippen LogP contribution in [0.4, 0.5) is 0 Å². The van der Waals surface area contributed by atoms with Gasteiger partial charge in [0.2, 0.25) is 11.8 Å². The van der Waals surface area contributed by atoms with Crippen LogP contribution in [0.25, 0.3) is 0 Å². The second kappa shape index (κ2) is 4.44. The van der Waals surface area contributed by atoms with Crippen molar-refractivity contribution >= 4 is 11.8 Å². The standard InChI is InChI=1S/C10H18N2O2/c1-3-7(6-9(11)13)10(14)12(2)8-4-5-8/h7-8H,3-6H2,1-2H3,(H2,11,13). The minimum absolute atomic E-state index is 0.0637. The second-order valence-corrected chi connectivity index (χ2v) is 3.96. The summed E-state index contributed by atoms with van der Waals surface area (Å²) >= 11 is 0. The summed E-state index contributed by atoms with van der Waals surface area (Å²) in [6.07, 6.45) is 3.04. The van der Waals surface area contributed by atoms with Gasteiger partial charge in [-0.05, 0) is 19.3 Å². The van der Waals surface area contributed by atoms with Crippen molar-refractivity contribution in [1.29, 1.82) is 0 Å². The number of nitrogens with two attached hydrogens (primary N) is 1. The molecule has 0 heterocycles. The number of hydrogen-bond acceptors (Lipinski definition) is 2.